The summed E-state index contributed by atoms with van der Waals surface area (Å²) in [5.41, 5.74) is 0. The van der Waals surface area contributed by atoms with Crippen molar-refractivity contribution in [1.29, 1.82) is 0 Å². The summed E-state index contributed by atoms with van der Waals surface area (Å²) in [5.74, 6) is 0. The van der Waals surface area contributed by atoms with Crippen LogP contribution >= 0.6 is 11.8 Å². The Labute approximate surface area is 46.7 Å². The third kappa shape index (κ3) is 1.27. The van der Waals surface area contributed by atoms with Crippen molar-refractivity contribution >= 4 is 11.8 Å². The van der Waals surface area contributed by atoms with Crippen LogP contribution in [0, 0.1) is 0 Å². The Balaban J connectivity index is 2.50. The summed E-state index contributed by atoms with van der Waals surface area (Å²) >= 11 is 1.35. The molecule has 1 aliphatic rings. The first kappa shape index (κ1) is 4.78. The topological polar surface area (TPSA) is 20.2 Å². The van der Waals surface area contributed by atoms with Gasteiger partial charge in [-0.05, 0) is 17.9 Å². The second kappa shape index (κ2) is 2.07. The molecule has 0 saturated heterocycles. The lowest BCUT2D eigenvalue weighted by Crippen LogP contribution is -1.73. The SMILES string of the molecule is OC1=CCC=CS1. The molecule has 0 radical (unpaired) electrons. The number of allylic oxidation sites excluding steroid dienone is 2. The summed E-state index contributed by atoms with van der Waals surface area (Å²) < 4.78 is 0. The van der Waals surface area contributed by atoms with Gasteiger partial charge in [0.25, 0.3) is 0 Å². The van der Waals surface area contributed by atoms with E-state index in [2.05, 4.69) is 0 Å². The Hall–Kier alpha value is -0.370. The van der Waals surface area contributed by atoms with Gasteiger partial charge in [0.1, 0.15) is 5.09 Å². The Bertz CT molecular complexity index is 115. The van der Waals surface area contributed by atoms with E-state index < -0.39 is 0 Å². The van der Waals surface area contributed by atoms with Crippen LogP contribution in [0.5, 0.6) is 0 Å². The average Bonchev–Trinajstić information content (AvgIpc) is 1.69. The molecule has 1 rings (SSSR count). The van der Waals surface area contributed by atoms with Gasteiger partial charge in [-0.3, -0.25) is 0 Å². The number of thioether (sulfide) groups is 1. The van der Waals surface area contributed by atoms with E-state index >= 15 is 0 Å². The van der Waals surface area contributed by atoms with Crippen molar-refractivity contribution in [2.45, 2.75) is 6.42 Å². The predicted octanol–water partition coefficient (Wildman–Crippen LogP) is 2.04. The van der Waals surface area contributed by atoms with Gasteiger partial charge >= 0.3 is 0 Å². The van der Waals surface area contributed by atoms with E-state index in [9.17, 15) is 0 Å². The third-order valence-corrected chi connectivity index (χ3v) is 1.45. The van der Waals surface area contributed by atoms with Gasteiger partial charge in [-0.1, -0.05) is 17.8 Å². The van der Waals surface area contributed by atoms with Gasteiger partial charge in [0, 0.05) is 0 Å². The summed E-state index contributed by atoms with van der Waals surface area (Å²) in [4.78, 5) is 0. The van der Waals surface area contributed by atoms with Crippen LogP contribution in [0.4, 0.5) is 0 Å². The van der Waals surface area contributed by atoms with Gasteiger partial charge in [-0.25, -0.2) is 0 Å². The van der Waals surface area contributed by atoms with Crippen LogP contribution in [0.3, 0.4) is 0 Å². The molecule has 38 valence electrons. The number of rotatable bonds is 0. The minimum absolute atomic E-state index is 0.419. The predicted molar refractivity (Wildman–Crippen MR) is 32.1 cm³/mol. The maximum atomic E-state index is 8.68. The van der Waals surface area contributed by atoms with Crippen LogP contribution in [0.1, 0.15) is 6.42 Å². The number of hydrogen-bond acceptors (Lipinski definition) is 2. The van der Waals surface area contributed by atoms with Crippen LogP contribution in [0.2, 0.25) is 0 Å². The standard InChI is InChI=1S/C5H6OS/c6-5-3-1-2-4-7-5/h2-4,6H,1H2. The van der Waals surface area contributed by atoms with E-state index in [-0.39, 0.29) is 0 Å². The third-order valence-electron chi connectivity index (χ3n) is 0.714. The number of aliphatic hydroxyl groups is 1. The lowest BCUT2D eigenvalue weighted by atomic mass is 10.4. The molecule has 0 aromatic heterocycles. The van der Waals surface area contributed by atoms with Gasteiger partial charge in [0.15, 0.2) is 0 Å². The van der Waals surface area contributed by atoms with Crippen molar-refractivity contribution in [1.82, 2.24) is 0 Å². The highest BCUT2D eigenvalue weighted by Crippen LogP contribution is 2.18. The van der Waals surface area contributed by atoms with Crippen molar-refractivity contribution in [2.75, 3.05) is 0 Å². The second-order valence-electron chi connectivity index (χ2n) is 1.27. The summed E-state index contributed by atoms with van der Waals surface area (Å²) in [6.45, 7) is 0. The molecule has 1 aliphatic heterocycles. The van der Waals surface area contributed by atoms with E-state index in [1.54, 1.807) is 6.08 Å². The van der Waals surface area contributed by atoms with Gasteiger partial charge in [-0.15, -0.1) is 0 Å². The summed E-state index contributed by atoms with van der Waals surface area (Å²) in [6.07, 6.45) is 4.66. The molecule has 1 N–H and O–H groups in total. The molecule has 0 aromatic rings. The number of hydrogen-bond donors (Lipinski definition) is 1. The molecule has 2 heteroatoms. The lowest BCUT2D eigenvalue weighted by Gasteiger charge is -1.95. The van der Waals surface area contributed by atoms with Crippen LogP contribution in [-0.4, -0.2) is 5.11 Å². The zero-order valence-corrected chi connectivity index (χ0v) is 4.61. The summed E-state index contributed by atoms with van der Waals surface area (Å²) in [6, 6.07) is 0. The lowest BCUT2D eigenvalue weighted by molar-refractivity contribution is 0.454. The minimum Gasteiger partial charge on any atom is -0.502 e. The first-order valence-electron chi connectivity index (χ1n) is 2.10. The first-order chi connectivity index (χ1) is 3.39. The molecule has 0 unspecified atom stereocenters. The molecule has 0 spiro atoms. The van der Waals surface area contributed by atoms with E-state index in [0.717, 1.165) is 6.42 Å². The van der Waals surface area contributed by atoms with Gasteiger partial charge < -0.3 is 5.11 Å². The van der Waals surface area contributed by atoms with Crippen molar-refractivity contribution < 1.29 is 5.11 Å². The molecule has 0 fully saturated rings. The molecular formula is C5H6OS. The molecular weight excluding hydrogens is 108 g/mol. The zero-order valence-electron chi connectivity index (χ0n) is 3.79. The summed E-state index contributed by atoms with van der Waals surface area (Å²) in [5, 5.41) is 11.0. The van der Waals surface area contributed by atoms with Gasteiger partial charge in [-0.2, -0.15) is 0 Å². The van der Waals surface area contributed by atoms with Gasteiger partial charge in [0.05, 0.1) is 0 Å². The van der Waals surface area contributed by atoms with Crippen LogP contribution in [0.15, 0.2) is 22.7 Å². The molecule has 0 amide bonds. The fourth-order valence-electron chi connectivity index (χ4n) is 0.390. The molecule has 7 heavy (non-hydrogen) atoms. The Morgan fingerprint density at radius 1 is 1.71 bits per heavy atom. The minimum atomic E-state index is 0.419. The molecule has 0 bridgehead atoms. The maximum Gasteiger partial charge on any atom is 0.150 e. The molecule has 0 atom stereocenters. The Morgan fingerprint density at radius 2 is 2.57 bits per heavy atom. The van der Waals surface area contributed by atoms with Crippen molar-refractivity contribution in [2.24, 2.45) is 0 Å². The van der Waals surface area contributed by atoms with E-state index in [0.29, 0.717) is 5.09 Å². The fourth-order valence-corrected chi connectivity index (χ4v) is 0.930. The Morgan fingerprint density at radius 3 is 2.86 bits per heavy atom. The van der Waals surface area contributed by atoms with E-state index in [4.69, 9.17) is 5.11 Å². The largest absolute Gasteiger partial charge is 0.502 e. The first-order valence-corrected chi connectivity index (χ1v) is 2.98. The molecule has 1 nitrogen and oxygen atoms in total. The number of aliphatic hydroxyl groups excluding tert-OH is 1. The molecule has 0 saturated carbocycles. The van der Waals surface area contributed by atoms with E-state index in [1.165, 1.54) is 11.8 Å². The van der Waals surface area contributed by atoms with Crippen molar-refractivity contribution in [3.8, 4) is 0 Å². The Kier molecular flexibility index (Phi) is 1.42. The van der Waals surface area contributed by atoms with E-state index in [1.807, 2.05) is 11.5 Å². The van der Waals surface area contributed by atoms with Crippen LogP contribution in [0.25, 0.3) is 0 Å². The van der Waals surface area contributed by atoms with Crippen molar-refractivity contribution in [3.63, 3.8) is 0 Å². The normalized spacial score (nSPS) is 19.1. The fraction of sp³-hybridized carbons (Fsp3) is 0.200. The van der Waals surface area contributed by atoms with Crippen LogP contribution < -0.4 is 0 Å². The monoisotopic (exact) mass is 114 g/mol. The van der Waals surface area contributed by atoms with Crippen molar-refractivity contribution in [3.05, 3.63) is 22.7 Å². The highest BCUT2D eigenvalue weighted by Gasteiger charge is 1.91. The summed E-state index contributed by atoms with van der Waals surface area (Å²) in [7, 11) is 0. The molecule has 0 aromatic carbocycles. The van der Waals surface area contributed by atoms with Gasteiger partial charge in [0.2, 0.25) is 0 Å². The average molecular weight is 114 g/mol. The second-order valence-corrected chi connectivity index (χ2v) is 2.19. The zero-order chi connectivity index (χ0) is 5.11. The maximum absolute atomic E-state index is 8.68. The van der Waals surface area contributed by atoms with Crippen LogP contribution in [-0.2, 0) is 0 Å². The molecule has 1 heterocycles. The highest BCUT2D eigenvalue weighted by molar-refractivity contribution is 8.05. The molecule has 0 aliphatic carbocycles. The smallest absolute Gasteiger partial charge is 0.150 e. The highest BCUT2D eigenvalue weighted by atomic mass is 32.2. The quantitative estimate of drug-likeness (QED) is 0.520.